The van der Waals surface area contributed by atoms with Gasteiger partial charge in [-0.25, -0.2) is 0 Å². The summed E-state index contributed by atoms with van der Waals surface area (Å²) < 4.78 is 5.65. The van der Waals surface area contributed by atoms with E-state index in [1.165, 1.54) is 16.7 Å². The van der Waals surface area contributed by atoms with Gasteiger partial charge in [0.1, 0.15) is 5.75 Å². The van der Waals surface area contributed by atoms with Crippen LogP contribution in [0.3, 0.4) is 0 Å². The minimum Gasteiger partial charge on any atom is -0.496 e. The summed E-state index contributed by atoms with van der Waals surface area (Å²) in [6.45, 7) is 3.74. The molecule has 0 aliphatic carbocycles. The van der Waals surface area contributed by atoms with Gasteiger partial charge in [0.05, 0.1) is 7.11 Å². The molecule has 1 aromatic carbocycles. The molecule has 1 fully saturated rings. The zero-order valence-electron chi connectivity index (χ0n) is 15.9. The molecule has 1 saturated heterocycles. The van der Waals surface area contributed by atoms with E-state index in [9.17, 15) is 0 Å². The molecule has 0 saturated carbocycles. The monoisotopic (exact) mass is 396 g/mol. The summed E-state index contributed by atoms with van der Waals surface area (Å²) in [6.07, 6.45) is 7.45. The first-order chi connectivity index (χ1) is 13.3. The normalized spacial score (nSPS) is 17.0. The summed E-state index contributed by atoms with van der Waals surface area (Å²) in [6, 6.07) is 14.9. The number of nitrogens with one attached hydrogen (secondary N) is 1. The second-order valence-corrected chi connectivity index (χ2v) is 6.74. The van der Waals surface area contributed by atoms with Gasteiger partial charge >= 0.3 is 0 Å². The van der Waals surface area contributed by atoms with Crippen LogP contribution >= 0.6 is 12.4 Å². The average Bonchev–Trinajstić information content (AvgIpc) is 2.75. The van der Waals surface area contributed by atoms with E-state index in [-0.39, 0.29) is 12.4 Å². The van der Waals surface area contributed by atoms with Gasteiger partial charge in [-0.1, -0.05) is 12.1 Å². The molecule has 0 amide bonds. The molecule has 0 spiro atoms. The van der Waals surface area contributed by atoms with E-state index in [0.29, 0.717) is 6.04 Å². The molecule has 1 unspecified atom stereocenters. The van der Waals surface area contributed by atoms with Gasteiger partial charge in [-0.2, -0.15) is 0 Å². The molecular weight excluding hydrogens is 372 g/mol. The minimum absolute atomic E-state index is 0. The molecule has 6 heteroatoms. The number of aromatic nitrogens is 2. The number of benzene rings is 1. The standard InChI is InChI=1S/C22H24N4O.ClH/c1-27-22-5-4-18(17-6-9-23-10-7-17)13-20(22)16-26-12-11-25-15-21(26)19-3-2-8-24-14-19;/h2-10,13-14,21,25H,11-12,15-16H2,1H3;1H. The molecule has 1 atom stereocenters. The number of piperazine rings is 1. The van der Waals surface area contributed by atoms with E-state index in [1.54, 1.807) is 7.11 Å². The Labute approximate surface area is 172 Å². The largest absolute Gasteiger partial charge is 0.496 e. The van der Waals surface area contributed by atoms with E-state index >= 15 is 0 Å². The minimum atomic E-state index is 0. The number of hydrogen-bond donors (Lipinski definition) is 1. The fourth-order valence-electron chi connectivity index (χ4n) is 3.68. The number of methoxy groups -OCH3 is 1. The Kier molecular flexibility index (Phi) is 6.98. The lowest BCUT2D eigenvalue weighted by Gasteiger charge is -2.36. The Morgan fingerprint density at radius 2 is 1.93 bits per heavy atom. The van der Waals surface area contributed by atoms with Gasteiger partial charge in [-0.05, 0) is 47.0 Å². The van der Waals surface area contributed by atoms with E-state index in [4.69, 9.17) is 4.74 Å². The maximum absolute atomic E-state index is 5.65. The van der Waals surface area contributed by atoms with Gasteiger partial charge in [0.2, 0.25) is 0 Å². The molecule has 1 aliphatic heterocycles. The highest BCUT2D eigenvalue weighted by Crippen LogP contribution is 2.30. The third kappa shape index (κ3) is 4.50. The molecule has 28 heavy (non-hydrogen) atoms. The van der Waals surface area contributed by atoms with Crippen LogP contribution in [0.2, 0.25) is 0 Å². The maximum Gasteiger partial charge on any atom is 0.123 e. The SMILES string of the molecule is COc1ccc(-c2ccncc2)cc1CN1CCNCC1c1cccnc1.Cl. The van der Waals surface area contributed by atoms with Crippen molar-refractivity contribution in [3.8, 4) is 16.9 Å². The van der Waals surface area contributed by atoms with Gasteiger partial charge in [-0.3, -0.25) is 14.9 Å². The van der Waals surface area contributed by atoms with Crippen LogP contribution < -0.4 is 10.1 Å². The van der Waals surface area contributed by atoms with Crippen LogP contribution in [0.4, 0.5) is 0 Å². The summed E-state index contributed by atoms with van der Waals surface area (Å²) in [5.74, 6) is 0.927. The van der Waals surface area contributed by atoms with Gasteiger partial charge in [0, 0.05) is 62.6 Å². The van der Waals surface area contributed by atoms with Crippen molar-refractivity contribution >= 4 is 12.4 Å². The summed E-state index contributed by atoms with van der Waals surface area (Å²) >= 11 is 0. The van der Waals surface area contributed by atoms with Crippen molar-refractivity contribution in [2.24, 2.45) is 0 Å². The zero-order chi connectivity index (χ0) is 18.5. The van der Waals surface area contributed by atoms with Crippen LogP contribution in [0.1, 0.15) is 17.2 Å². The highest BCUT2D eigenvalue weighted by atomic mass is 35.5. The fourth-order valence-corrected chi connectivity index (χ4v) is 3.68. The summed E-state index contributed by atoms with van der Waals surface area (Å²) in [4.78, 5) is 10.9. The molecule has 2 aromatic heterocycles. The molecular formula is C22H25ClN4O. The number of rotatable bonds is 5. The number of hydrogen-bond acceptors (Lipinski definition) is 5. The first-order valence-corrected chi connectivity index (χ1v) is 9.27. The average molecular weight is 397 g/mol. The molecule has 1 aliphatic rings. The zero-order valence-corrected chi connectivity index (χ0v) is 16.7. The van der Waals surface area contributed by atoms with E-state index in [0.717, 1.165) is 37.5 Å². The summed E-state index contributed by atoms with van der Waals surface area (Å²) in [7, 11) is 1.74. The Hall–Kier alpha value is -2.47. The molecule has 3 aromatic rings. The van der Waals surface area contributed by atoms with Gasteiger partial charge < -0.3 is 10.1 Å². The van der Waals surface area contributed by atoms with Crippen LogP contribution in [-0.2, 0) is 6.54 Å². The first-order valence-electron chi connectivity index (χ1n) is 9.27. The Morgan fingerprint density at radius 1 is 1.07 bits per heavy atom. The topological polar surface area (TPSA) is 50.3 Å². The second-order valence-electron chi connectivity index (χ2n) is 6.74. The molecule has 5 nitrogen and oxygen atoms in total. The number of ether oxygens (including phenoxy) is 1. The third-order valence-corrected chi connectivity index (χ3v) is 5.09. The van der Waals surface area contributed by atoms with Crippen LogP contribution in [0.5, 0.6) is 5.75 Å². The van der Waals surface area contributed by atoms with Crippen molar-refractivity contribution < 1.29 is 4.74 Å². The predicted molar refractivity (Wildman–Crippen MR) is 114 cm³/mol. The number of nitrogens with zero attached hydrogens (tertiary/aromatic N) is 3. The molecule has 3 heterocycles. The molecule has 4 rings (SSSR count). The van der Waals surface area contributed by atoms with Gasteiger partial charge in [-0.15, -0.1) is 12.4 Å². The molecule has 0 bridgehead atoms. The smallest absolute Gasteiger partial charge is 0.123 e. The van der Waals surface area contributed by atoms with Crippen molar-refractivity contribution in [2.75, 3.05) is 26.7 Å². The molecule has 1 N–H and O–H groups in total. The fraction of sp³-hybridized carbons (Fsp3) is 0.273. The van der Waals surface area contributed by atoms with Crippen LogP contribution in [0.25, 0.3) is 11.1 Å². The lowest BCUT2D eigenvalue weighted by molar-refractivity contribution is 0.152. The molecule has 0 radical (unpaired) electrons. The number of halogens is 1. The van der Waals surface area contributed by atoms with Crippen LogP contribution in [0.15, 0.2) is 67.3 Å². The van der Waals surface area contributed by atoms with E-state index in [2.05, 4.69) is 44.5 Å². The van der Waals surface area contributed by atoms with E-state index < -0.39 is 0 Å². The predicted octanol–water partition coefficient (Wildman–Crippen LogP) is 3.72. The van der Waals surface area contributed by atoms with Gasteiger partial charge in [0.25, 0.3) is 0 Å². The number of pyridine rings is 2. The highest BCUT2D eigenvalue weighted by Gasteiger charge is 2.25. The van der Waals surface area contributed by atoms with E-state index in [1.807, 2.05) is 43.0 Å². The lowest BCUT2D eigenvalue weighted by atomic mass is 10.0. The van der Waals surface area contributed by atoms with Crippen LogP contribution in [-0.4, -0.2) is 41.6 Å². The Bertz CT molecular complexity index is 876. The van der Waals surface area contributed by atoms with Crippen molar-refractivity contribution in [3.63, 3.8) is 0 Å². The van der Waals surface area contributed by atoms with Gasteiger partial charge in [0.15, 0.2) is 0 Å². The van der Waals surface area contributed by atoms with Crippen molar-refractivity contribution in [1.82, 2.24) is 20.2 Å². The van der Waals surface area contributed by atoms with Crippen molar-refractivity contribution in [3.05, 3.63) is 78.4 Å². The molecule has 146 valence electrons. The third-order valence-electron chi connectivity index (χ3n) is 5.09. The first kappa shape index (κ1) is 20.3. The lowest BCUT2D eigenvalue weighted by Crippen LogP contribution is -2.45. The maximum atomic E-state index is 5.65. The second kappa shape index (κ2) is 9.64. The highest BCUT2D eigenvalue weighted by molar-refractivity contribution is 5.85. The Balaban J connectivity index is 0.00000225. The quantitative estimate of drug-likeness (QED) is 0.712. The van der Waals surface area contributed by atoms with Crippen molar-refractivity contribution in [2.45, 2.75) is 12.6 Å². The van der Waals surface area contributed by atoms with Crippen molar-refractivity contribution in [1.29, 1.82) is 0 Å². The Morgan fingerprint density at radius 3 is 2.68 bits per heavy atom. The van der Waals surface area contributed by atoms with Crippen LogP contribution in [0, 0.1) is 0 Å². The summed E-state index contributed by atoms with van der Waals surface area (Å²) in [5, 5.41) is 3.51. The summed E-state index contributed by atoms with van der Waals surface area (Å²) in [5.41, 5.74) is 4.79.